The summed E-state index contributed by atoms with van der Waals surface area (Å²) in [7, 11) is 0. The van der Waals surface area contributed by atoms with Crippen molar-refractivity contribution in [3.63, 3.8) is 0 Å². The first-order valence-electron chi connectivity index (χ1n) is 8.18. The van der Waals surface area contributed by atoms with E-state index in [9.17, 15) is 0 Å². The zero-order chi connectivity index (χ0) is 17.1. The minimum atomic E-state index is 0.721. The zero-order valence-corrected chi connectivity index (χ0v) is 14.3. The van der Waals surface area contributed by atoms with Gasteiger partial charge in [-0.15, -0.1) is 0 Å². The Balaban J connectivity index is 1.88. The third kappa shape index (κ3) is 3.33. The van der Waals surface area contributed by atoms with Gasteiger partial charge in [-0.3, -0.25) is 4.98 Å². The van der Waals surface area contributed by atoms with Crippen molar-refractivity contribution in [3.8, 4) is 33.5 Å². The maximum Gasteiger partial charge on any atom is 0.0780 e. The molecule has 0 aliphatic rings. The van der Waals surface area contributed by atoms with E-state index in [0.29, 0.717) is 0 Å². The van der Waals surface area contributed by atoms with Crippen molar-refractivity contribution < 1.29 is 0 Å². The molecule has 0 amide bonds. The van der Waals surface area contributed by atoms with Gasteiger partial charge in [0.25, 0.3) is 0 Å². The summed E-state index contributed by atoms with van der Waals surface area (Å²) >= 11 is 6.43. The van der Waals surface area contributed by atoms with E-state index >= 15 is 0 Å². The van der Waals surface area contributed by atoms with Crippen molar-refractivity contribution in [2.75, 3.05) is 0 Å². The first-order chi connectivity index (χ1) is 12.3. The first-order valence-corrected chi connectivity index (χ1v) is 8.56. The minimum Gasteiger partial charge on any atom is -0.256 e. The van der Waals surface area contributed by atoms with Crippen molar-refractivity contribution >= 4 is 11.6 Å². The van der Waals surface area contributed by atoms with Crippen molar-refractivity contribution in [3.05, 3.63) is 102 Å². The summed E-state index contributed by atoms with van der Waals surface area (Å²) in [5.74, 6) is 0. The van der Waals surface area contributed by atoms with Crippen molar-refractivity contribution in [2.45, 2.75) is 0 Å². The van der Waals surface area contributed by atoms with Gasteiger partial charge in [0, 0.05) is 22.3 Å². The molecule has 0 radical (unpaired) electrons. The second-order valence-electron chi connectivity index (χ2n) is 5.86. The molecule has 0 spiro atoms. The highest BCUT2D eigenvalue weighted by Gasteiger charge is 2.10. The number of halogens is 1. The van der Waals surface area contributed by atoms with E-state index in [1.807, 2.05) is 60.8 Å². The van der Waals surface area contributed by atoms with Gasteiger partial charge < -0.3 is 0 Å². The molecule has 0 saturated carbocycles. The number of benzene rings is 3. The Morgan fingerprint density at radius 2 is 1.20 bits per heavy atom. The lowest BCUT2D eigenvalue weighted by Crippen LogP contribution is -1.89. The molecular weight excluding hydrogens is 326 g/mol. The molecule has 3 aromatic carbocycles. The van der Waals surface area contributed by atoms with Crippen LogP contribution in [0.25, 0.3) is 33.5 Å². The van der Waals surface area contributed by atoms with Gasteiger partial charge in [0.2, 0.25) is 0 Å². The lowest BCUT2D eigenvalue weighted by atomic mass is 9.96. The fourth-order valence-electron chi connectivity index (χ4n) is 3.01. The van der Waals surface area contributed by atoms with Crippen LogP contribution in [0.1, 0.15) is 0 Å². The minimum absolute atomic E-state index is 0.721. The van der Waals surface area contributed by atoms with Gasteiger partial charge in [-0.2, -0.15) is 0 Å². The largest absolute Gasteiger partial charge is 0.256 e. The summed E-state index contributed by atoms with van der Waals surface area (Å²) < 4.78 is 0. The molecule has 4 aromatic rings. The van der Waals surface area contributed by atoms with Crippen molar-refractivity contribution in [1.82, 2.24) is 4.98 Å². The standard InChI is InChI=1S/C23H16ClN/c24-21-15-19(17-8-3-1-4-9-17)14-20(16-21)22-12-7-13-25-23(22)18-10-5-2-6-11-18/h1-16H. The lowest BCUT2D eigenvalue weighted by molar-refractivity contribution is 1.32. The van der Waals surface area contributed by atoms with E-state index in [1.54, 1.807) is 0 Å². The van der Waals surface area contributed by atoms with Gasteiger partial charge >= 0.3 is 0 Å². The predicted octanol–water partition coefficient (Wildman–Crippen LogP) is 6.74. The summed E-state index contributed by atoms with van der Waals surface area (Å²) in [5.41, 5.74) is 6.46. The van der Waals surface area contributed by atoms with E-state index in [4.69, 9.17) is 11.6 Å². The van der Waals surface area contributed by atoms with Gasteiger partial charge in [-0.05, 0) is 41.0 Å². The normalized spacial score (nSPS) is 10.6. The second kappa shape index (κ2) is 6.92. The second-order valence-corrected chi connectivity index (χ2v) is 6.30. The van der Waals surface area contributed by atoms with Crippen LogP contribution in [0, 0.1) is 0 Å². The van der Waals surface area contributed by atoms with Gasteiger partial charge in [-0.25, -0.2) is 0 Å². The highest BCUT2D eigenvalue weighted by Crippen LogP contribution is 2.34. The zero-order valence-electron chi connectivity index (χ0n) is 13.6. The molecule has 1 aromatic heterocycles. The fraction of sp³-hybridized carbons (Fsp3) is 0. The Kier molecular flexibility index (Phi) is 4.32. The maximum absolute atomic E-state index is 6.43. The molecule has 0 saturated heterocycles. The lowest BCUT2D eigenvalue weighted by Gasteiger charge is -2.11. The Morgan fingerprint density at radius 1 is 0.560 bits per heavy atom. The Morgan fingerprint density at radius 3 is 1.92 bits per heavy atom. The van der Waals surface area contributed by atoms with Crippen LogP contribution in [0.2, 0.25) is 5.02 Å². The Hall–Kier alpha value is -2.90. The molecule has 25 heavy (non-hydrogen) atoms. The number of rotatable bonds is 3. The van der Waals surface area contributed by atoms with Crippen LogP contribution in [0.4, 0.5) is 0 Å². The molecule has 0 atom stereocenters. The molecule has 1 heterocycles. The number of nitrogens with zero attached hydrogens (tertiary/aromatic N) is 1. The topological polar surface area (TPSA) is 12.9 Å². The third-order valence-corrected chi connectivity index (χ3v) is 4.39. The monoisotopic (exact) mass is 341 g/mol. The van der Waals surface area contributed by atoms with Crippen molar-refractivity contribution in [2.24, 2.45) is 0 Å². The van der Waals surface area contributed by atoms with Crippen LogP contribution < -0.4 is 0 Å². The van der Waals surface area contributed by atoms with Gasteiger partial charge in [0.15, 0.2) is 0 Å². The smallest absolute Gasteiger partial charge is 0.0780 e. The molecule has 0 aliphatic carbocycles. The Labute approximate surface area is 152 Å². The quantitative estimate of drug-likeness (QED) is 0.402. The molecule has 120 valence electrons. The van der Waals surface area contributed by atoms with Gasteiger partial charge in [0.05, 0.1) is 5.69 Å². The molecule has 1 nitrogen and oxygen atoms in total. The van der Waals surface area contributed by atoms with E-state index in [0.717, 1.165) is 38.5 Å². The molecule has 2 heteroatoms. The van der Waals surface area contributed by atoms with Crippen LogP contribution >= 0.6 is 11.6 Å². The summed E-state index contributed by atoms with van der Waals surface area (Å²) in [5, 5.41) is 0.721. The average molecular weight is 342 g/mol. The van der Waals surface area contributed by atoms with Crippen LogP contribution in [0.3, 0.4) is 0 Å². The summed E-state index contributed by atoms with van der Waals surface area (Å²) in [4.78, 5) is 4.61. The number of hydrogen-bond donors (Lipinski definition) is 0. The van der Waals surface area contributed by atoms with E-state index in [2.05, 4.69) is 41.4 Å². The molecule has 0 bridgehead atoms. The summed E-state index contributed by atoms with van der Waals surface area (Å²) in [6.45, 7) is 0. The molecule has 0 N–H and O–H groups in total. The third-order valence-electron chi connectivity index (χ3n) is 4.17. The predicted molar refractivity (Wildman–Crippen MR) is 106 cm³/mol. The molecule has 0 unspecified atom stereocenters. The number of pyridine rings is 1. The molecule has 4 rings (SSSR count). The van der Waals surface area contributed by atoms with E-state index < -0.39 is 0 Å². The fourth-order valence-corrected chi connectivity index (χ4v) is 3.24. The van der Waals surface area contributed by atoms with E-state index in [1.165, 1.54) is 0 Å². The molecular formula is C23H16ClN. The van der Waals surface area contributed by atoms with Crippen LogP contribution in [-0.2, 0) is 0 Å². The number of hydrogen-bond acceptors (Lipinski definition) is 1. The Bertz CT molecular complexity index is 995. The van der Waals surface area contributed by atoms with Gasteiger partial charge in [-0.1, -0.05) is 78.3 Å². The number of aromatic nitrogens is 1. The summed E-state index contributed by atoms with van der Waals surface area (Å²) in [6, 6.07) is 30.7. The highest BCUT2D eigenvalue weighted by molar-refractivity contribution is 6.31. The summed E-state index contributed by atoms with van der Waals surface area (Å²) in [6.07, 6.45) is 1.83. The van der Waals surface area contributed by atoms with Crippen LogP contribution in [0.15, 0.2) is 97.2 Å². The van der Waals surface area contributed by atoms with Gasteiger partial charge in [0.1, 0.15) is 0 Å². The van der Waals surface area contributed by atoms with Crippen molar-refractivity contribution in [1.29, 1.82) is 0 Å². The molecule has 0 fully saturated rings. The van der Waals surface area contributed by atoms with Crippen LogP contribution in [0.5, 0.6) is 0 Å². The average Bonchev–Trinajstić information content (AvgIpc) is 2.69. The maximum atomic E-state index is 6.43. The highest BCUT2D eigenvalue weighted by atomic mass is 35.5. The molecule has 0 aliphatic heterocycles. The SMILES string of the molecule is Clc1cc(-c2ccccc2)cc(-c2cccnc2-c2ccccc2)c1. The van der Waals surface area contributed by atoms with Crippen LogP contribution in [-0.4, -0.2) is 4.98 Å². The first kappa shape index (κ1) is 15.6. The van der Waals surface area contributed by atoms with E-state index in [-0.39, 0.29) is 0 Å².